The van der Waals surface area contributed by atoms with Crippen LogP contribution in [-0.2, 0) is 9.84 Å². The standard InChI is InChI=1S/C20H22BrN3O3S/c1-14-6-4-5-7-17(14)18-23-20(19(27-18)22-12-13-24(2)3)28(25,26)16-10-8-15(21)9-11-16/h4-11,22H,12-13H2,1-3H3. The van der Waals surface area contributed by atoms with E-state index in [1.54, 1.807) is 24.3 Å². The summed E-state index contributed by atoms with van der Waals surface area (Å²) in [5.41, 5.74) is 1.71. The van der Waals surface area contributed by atoms with Crippen molar-refractivity contribution in [1.82, 2.24) is 9.88 Å². The van der Waals surface area contributed by atoms with E-state index in [0.29, 0.717) is 6.54 Å². The fourth-order valence-corrected chi connectivity index (χ4v) is 4.19. The summed E-state index contributed by atoms with van der Waals surface area (Å²) in [5.74, 6) is 0.434. The molecule has 3 aromatic rings. The highest BCUT2D eigenvalue weighted by molar-refractivity contribution is 9.10. The van der Waals surface area contributed by atoms with Gasteiger partial charge < -0.3 is 14.6 Å². The fraction of sp³-hybridized carbons (Fsp3) is 0.250. The van der Waals surface area contributed by atoms with Crippen LogP contribution in [0.4, 0.5) is 5.88 Å². The molecule has 148 valence electrons. The third-order valence-corrected chi connectivity index (χ3v) is 6.40. The quantitative estimate of drug-likeness (QED) is 0.565. The van der Waals surface area contributed by atoms with Gasteiger partial charge in [0, 0.05) is 23.1 Å². The van der Waals surface area contributed by atoms with Crippen molar-refractivity contribution in [3.63, 3.8) is 0 Å². The van der Waals surface area contributed by atoms with Gasteiger partial charge in [-0.05, 0) is 56.9 Å². The monoisotopic (exact) mass is 463 g/mol. The summed E-state index contributed by atoms with van der Waals surface area (Å²) in [5, 5.41) is 2.98. The van der Waals surface area contributed by atoms with E-state index >= 15 is 0 Å². The van der Waals surface area contributed by atoms with Crippen molar-refractivity contribution >= 4 is 31.7 Å². The molecule has 0 fully saturated rings. The van der Waals surface area contributed by atoms with E-state index in [2.05, 4.69) is 26.2 Å². The van der Waals surface area contributed by atoms with Gasteiger partial charge in [-0.3, -0.25) is 0 Å². The highest BCUT2D eigenvalue weighted by Gasteiger charge is 2.28. The van der Waals surface area contributed by atoms with E-state index in [0.717, 1.165) is 22.1 Å². The maximum Gasteiger partial charge on any atom is 0.233 e. The lowest BCUT2D eigenvalue weighted by molar-refractivity contribution is 0.423. The molecule has 0 aliphatic rings. The summed E-state index contributed by atoms with van der Waals surface area (Å²) >= 11 is 3.33. The second-order valence-corrected chi connectivity index (χ2v) is 9.44. The van der Waals surface area contributed by atoms with E-state index in [1.807, 2.05) is 50.2 Å². The van der Waals surface area contributed by atoms with Crippen LogP contribution in [0.2, 0.25) is 0 Å². The normalized spacial score (nSPS) is 11.8. The summed E-state index contributed by atoms with van der Waals surface area (Å²) in [6.45, 7) is 3.18. The van der Waals surface area contributed by atoms with Crippen molar-refractivity contribution in [3.8, 4) is 11.5 Å². The molecule has 0 aliphatic heterocycles. The Labute approximate surface area is 173 Å². The molecular formula is C20H22BrN3O3S. The number of hydrogen-bond acceptors (Lipinski definition) is 6. The molecular weight excluding hydrogens is 442 g/mol. The molecule has 0 spiro atoms. The van der Waals surface area contributed by atoms with Gasteiger partial charge in [0.2, 0.25) is 26.6 Å². The number of nitrogens with zero attached hydrogens (tertiary/aromatic N) is 2. The smallest absolute Gasteiger partial charge is 0.233 e. The predicted molar refractivity (Wildman–Crippen MR) is 113 cm³/mol. The molecule has 0 bridgehead atoms. The number of aryl methyl sites for hydroxylation is 1. The van der Waals surface area contributed by atoms with Gasteiger partial charge in [-0.1, -0.05) is 34.1 Å². The first-order valence-electron chi connectivity index (χ1n) is 8.75. The van der Waals surface area contributed by atoms with Crippen LogP contribution in [-0.4, -0.2) is 45.5 Å². The van der Waals surface area contributed by atoms with Gasteiger partial charge in [0.25, 0.3) is 0 Å². The average molecular weight is 464 g/mol. The lowest BCUT2D eigenvalue weighted by atomic mass is 10.1. The SMILES string of the molecule is Cc1ccccc1-c1nc(S(=O)(=O)c2ccc(Br)cc2)c(NCCN(C)C)o1. The molecule has 28 heavy (non-hydrogen) atoms. The molecule has 2 aromatic carbocycles. The van der Waals surface area contributed by atoms with Gasteiger partial charge in [0.15, 0.2) is 0 Å². The summed E-state index contributed by atoms with van der Waals surface area (Å²) in [4.78, 5) is 6.52. The van der Waals surface area contributed by atoms with Crippen LogP contribution in [0, 0.1) is 6.92 Å². The zero-order valence-electron chi connectivity index (χ0n) is 15.9. The Hall–Kier alpha value is -2.16. The van der Waals surface area contributed by atoms with Gasteiger partial charge in [0.05, 0.1) is 4.90 Å². The van der Waals surface area contributed by atoms with Crippen LogP contribution in [0.5, 0.6) is 0 Å². The highest BCUT2D eigenvalue weighted by Crippen LogP contribution is 2.33. The zero-order valence-corrected chi connectivity index (χ0v) is 18.3. The molecule has 0 aliphatic carbocycles. The summed E-state index contributed by atoms with van der Waals surface area (Å²) in [6, 6.07) is 14.0. The van der Waals surface area contributed by atoms with Crippen LogP contribution in [0.3, 0.4) is 0 Å². The predicted octanol–water partition coefficient (Wildman–Crippen LogP) is 4.22. The Balaban J connectivity index is 2.07. The molecule has 0 saturated carbocycles. The molecule has 1 N–H and O–H groups in total. The van der Waals surface area contributed by atoms with E-state index in [4.69, 9.17) is 4.42 Å². The minimum atomic E-state index is -3.84. The molecule has 0 saturated heterocycles. The number of hydrogen-bond donors (Lipinski definition) is 1. The maximum atomic E-state index is 13.2. The number of anilines is 1. The number of aromatic nitrogens is 1. The Morgan fingerprint density at radius 1 is 1.11 bits per heavy atom. The minimum Gasteiger partial charge on any atom is -0.419 e. The second kappa shape index (κ2) is 8.46. The van der Waals surface area contributed by atoms with Crippen molar-refractivity contribution in [1.29, 1.82) is 0 Å². The van der Waals surface area contributed by atoms with Crippen molar-refractivity contribution in [2.45, 2.75) is 16.8 Å². The minimum absolute atomic E-state index is 0.105. The van der Waals surface area contributed by atoms with Gasteiger partial charge in [-0.15, -0.1) is 0 Å². The number of rotatable bonds is 7. The molecule has 0 atom stereocenters. The molecule has 0 radical (unpaired) electrons. The lowest BCUT2D eigenvalue weighted by Crippen LogP contribution is -2.21. The van der Waals surface area contributed by atoms with Crippen LogP contribution in [0.25, 0.3) is 11.5 Å². The average Bonchev–Trinajstić information content (AvgIpc) is 3.07. The van der Waals surface area contributed by atoms with Crippen molar-refractivity contribution in [2.75, 3.05) is 32.5 Å². The molecule has 1 heterocycles. The highest BCUT2D eigenvalue weighted by atomic mass is 79.9. The van der Waals surface area contributed by atoms with Gasteiger partial charge in [-0.25, -0.2) is 8.42 Å². The van der Waals surface area contributed by atoms with E-state index in [9.17, 15) is 8.42 Å². The Morgan fingerprint density at radius 3 is 2.43 bits per heavy atom. The number of oxazole rings is 1. The third-order valence-electron chi connectivity index (χ3n) is 4.19. The molecule has 1 aromatic heterocycles. The van der Waals surface area contributed by atoms with Crippen LogP contribution < -0.4 is 5.32 Å². The molecule has 0 amide bonds. The summed E-state index contributed by atoms with van der Waals surface area (Å²) in [7, 11) is 0.0506. The van der Waals surface area contributed by atoms with E-state index < -0.39 is 9.84 Å². The topological polar surface area (TPSA) is 75.4 Å². The fourth-order valence-electron chi connectivity index (χ4n) is 2.65. The first kappa shape index (κ1) is 20.6. The number of nitrogens with one attached hydrogen (secondary N) is 1. The lowest BCUT2D eigenvalue weighted by Gasteiger charge is -2.10. The number of sulfone groups is 1. The van der Waals surface area contributed by atoms with Crippen molar-refractivity contribution in [3.05, 3.63) is 58.6 Å². The van der Waals surface area contributed by atoms with E-state index in [1.165, 1.54) is 0 Å². The molecule has 6 nitrogen and oxygen atoms in total. The third kappa shape index (κ3) is 4.45. The molecule has 8 heteroatoms. The largest absolute Gasteiger partial charge is 0.419 e. The second-order valence-electron chi connectivity index (χ2n) is 6.66. The van der Waals surface area contributed by atoms with Crippen molar-refractivity contribution < 1.29 is 12.8 Å². The van der Waals surface area contributed by atoms with Gasteiger partial charge >= 0.3 is 0 Å². The molecule has 0 unspecified atom stereocenters. The Kier molecular flexibility index (Phi) is 6.22. The van der Waals surface area contributed by atoms with Crippen molar-refractivity contribution in [2.24, 2.45) is 0 Å². The van der Waals surface area contributed by atoms with Crippen LogP contribution in [0.1, 0.15) is 5.56 Å². The molecule has 3 rings (SSSR count). The van der Waals surface area contributed by atoms with Gasteiger partial charge in [0.1, 0.15) is 0 Å². The van der Waals surface area contributed by atoms with Crippen LogP contribution >= 0.6 is 15.9 Å². The van der Waals surface area contributed by atoms with Gasteiger partial charge in [-0.2, -0.15) is 4.98 Å². The Morgan fingerprint density at radius 2 is 1.79 bits per heavy atom. The summed E-state index contributed by atoms with van der Waals surface area (Å²) < 4.78 is 33.1. The summed E-state index contributed by atoms with van der Waals surface area (Å²) in [6.07, 6.45) is 0. The first-order chi connectivity index (χ1) is 13.3. The number of likely N-dealkylation sites (N-methyl/N-ethyl adjacent to an activating group) is 1. The number of benzene rings is 2. The van der Waals surface area contributed by atoms with Crippen LogP contribution in [0.15, 0.2) is 67.3 Å². The Bertz CT molecular complexity index is 1060. The van der Waals surface area contributed by atoms with E-state index in [-0.39, 0.29) is 21.7 Å². The first-order valence-corrected chi connectivity index (χ1v) is 11.0. The maximum absolute atomic E-state index is 13.2. The number of halogens is 1. The zero-order chi connectivity index (χ0) is 20.3.